The monoisotopic (exact) mass is 617 g/mol. The summed E-state index contributed by atoms with van der Waals surface area (Å²) in [5.41, 5.74) is 0. The Hall–Kier alpha value is -0.910. The van der Waals surface area contributed by atoms with E-state index in [1.807, 2.05) is 0 Å². The van der Waals surface area contributed by atoms with E-state index in [-0.39, 0.29) is 19.4 Å². The number of hydrogen-bond donors (Lipinski definition) is 0. The Morgan fingerprint density at radius 2 is 1.22 bits per heavy atom. The van der Waals surface area contributed by atoms with Gasteiger partial charge < -0.3 is 9.64 Å². The summed E-state index contributed by atoms with van der Waals surface area (Å²) in [6.07, 6.45) is -10.9. The third-order valence-corrected chi connectivity index (χ3v) is 5.04. The van der Waals surface area contributed by atoms with Crippen molar-refractivity contribution in [2.24, 2.45) is 0 Å². The van der Waals surface area contributed by atoms with Gasteiger partial charge in [0.25, 0.3) is 0 Å². The van der Waals surface area contributed by atoms with Crippen molar-refractivity contribution in [2.45, 2.75) is 65.4 Å². The minimum absolute atomic E-state index is 0.00703. The van der Waals surface area contributed by atoms with Crippen molar-refractivity contribution in [3.05, 3.63) is 0 Å². The van der Waals surface area contributed by atoms with Crippen LogP contribution in [0.2, 0.25) is 0 Å². The number of carbonyl (C=O) groups is 1. The van der Waals surface area contributed by atoms with E-state index >= 15 is 0 Å². The molecule has 0 aliphatic heterocycles. The zero-order valence-electron chi connectivity index (χ0n) is 16.2. The van der Waals surface area contributed by atoms with Crippen molar-refractivity contribution in [3.8, 4) is 0 Å². The van der Waals surface area contributed by atoms with Crippen molar-refractivity contribution in [3.63, 3.8) is 0 Å². The van der Waals surface area contributed by atoms with E-state index in [4.69, 9.17) is 0 Å². The Balaban J connectivity index is 5.32. The molecule has 0 aromatic carbocycles. The molecular formula is C15H17F13INO2. The molecule has 0 spiro atoms. The van der Waals surface area contributed by atoms with Gasteiger partial charge in [-0.3, -0.25) is 0 Å². The highest BCUT2D eigenvalue weighted by Crippen LogP contribution is 2.61. The SMILES string of the molecule is CN(C)C(=O)OCCCCC(I)CC(F)(F)C(F)(F)C(F)(F)C(F)(F)C(F)(F)C(F)(F)F. The summed E-state index contributed by atoms with van der Waals surface area (Å²) in [4.78, 5) is 12.2. The summed E-state index contributed by atoms with van der Waals surface area (Å²) in [5.74, 6) is -36.7. The van der Waals surface area contributed by atoms with Crippen LogP contribution in [0.15, 0.2) is 0 Å². The normalized spacial score (nSPS) is 15.5. The number of unbranched alkanes of at least 4 members (excludes halogenated alkanes) is 1. The minimum Gasteiger partial charge on any atom is -0.449 e. The van der Waals surface area contributed by atoms with Gasteiger partial charge in [-0.05, 0) is 19.3 Å². The van der Waals surface area contributed by atoms with E-state index in [9.17, 15) is 61.9 Å². The van der Waals surface area contributed by atoms with Crippen molar-refractivity contribution >= 4 is 28.7 Å². The molecule has 0 radical (unpaired) electrons. The lowest BCUT2D eigenvalue weighted by Crippen LogP contribution is -2.70. The van der Waals surface area contributed by atoms with Crippen molar-refractivity contribution in [1.82, 2.24) is 4.90 Å². The Bertz CT molecular complexity index is 637. The molecule has 0 fully saturated rings. The van der Waals surface area contributed by atoms with Crippen LogP contribution in [0.5, 0.6) is 0 Å². The second-order valence-corrected chi connectivity index (χ2v) is 8.57. The van der Waals surface area contributed by atoms with Gasteiger partial charge in [0.15, 0.2) is 0 Å². The van der Waals surface area contributed by atoms with Gasteiger partial charge in [-0.1, -0.05) is 22.6 Å². The molecule has 1 atom stereocenters. The first kappa shape index (κ1) is 31.1. The van der Waals surface area contributed by atoms with Gasteiger partial charge >= 0.3 is 41.9 Å². The summed E-state index contributed by atoms with van der Waals surface area (Å²) >= 11 is 1.07. The van der Waals surface area contributed by atoms with Gasteiger partial charge in [0.1, 0.15) is 0 Å². The number of alkyl halides is 14. The van der Waals surface area contributed by atoms with Gasteiger partial charge in [-0.25, -0.2) is 4.79 Å². The average molecular weight is 617 g/mol. The molecule has 1 unspecified atom stereocenters. The van der Waals surface area contributed by atoms with Crippen LogP contribution in [0, 0.1) is 0 Å². The van der Waals surface area contributed by atoms with E-state index in [2.05, 4.69) is 4.74 Å². The molecule has 0 saturated heterocycles. The smallest absolute Gasteiger partial charge is 0.449 e. The highest BCUT2D eigenvalue weighted by molar-refractivity contribution is 14.1. The van der Waals surface area contributed by atoms with E-state index in [0.29, 0.717) is 0 Å². The first-order valence-corrected chi connectivity index (χ1v) is 9.66. The fourth-order valence-electron chi connectivity index (χ4n) is 2.07. The van der Waals surface area contributed by atoms with E-state index in [1.165, 1.54) is 14.1 Å². The number of nitrogens with zero attached hydrogens (tertiary/aromatic N) is 1. The lowest BCUT2D eigenvalue weighted by molar-refractivity contribution is -0.440. The van der Waals surface area contributed by atoms with Crippen molar-refractivity contribution in [2.75, 3.05) is 20.7 Å². The summed E-state index contributed by atoms with van der Waals surface area (Å²) in [7, 11) is 2.69. The van der Waals surface area contributed by atoms with Gasteiger partial charge in [0.05, 0.1) is 6.61 Å². The Morgan fingerprint density at radius 1 is 0.781 bits per heavy atom. The van der Waals surface area contributed by atoms with E-state index in [1.54, 1.807) is 0 Å². The summed E-state index contributed by atoms with van der Waals surface area (Å²) in [5, 5.41) is 0. The van der Waals surface area contributed by atoms with Crippen LogP contribution in [-0.2, 0) is 4.74 Å². The fraction of sp³-hybridized carbons (Fsp3) is 0.933. The first-order valence-electron chi connectivity index (χ1n) is 8.41. The van der Waals surface area contributed by atoms with Crippen molar-refractivity contribution in [1.29, 1.82) is 0 Å². The van der Waals surface area contributed by atoms with Crippen LogP contribution >= 0.6 is 22.6 Å². The molecule has 32 heavy (non-hydrogen) atoms. The van der Waals surface area contributed by atoms with E-state index < -0.39 is 58.6 Å². The molecule has 0 rings (SSSR count). The molecule has 0 aromatic heterocycles. The average Bonchev–Trinajstić information content (AvgIpc) is 2.58. The molecule has 0 bridgehead atoms. The number of rotatable bonds is 11. The minimum atomic E-state index is -7.89. The first-order chi connectivity index (χ1) is 14.0. The predicted octanol–water partition coefficient (Wildman–Crippen LogP) is 6.79. The highest BCUT2D eigenvalue weighted by atomic mass is 127. The third-order valence-electron chi connectivity index (χ3n) is 3.98. The molecule has 0 aromatic rings. The van der Waals surface area contributed by atoms with Crippen LogP contribution in [0.1, 0.15) is 25.7 Å². The zero-order chi connectivity index (χ0) is 26.0. The van der Waals surface area contributed by atoms with Gasteiger partial charge in [-0.15, -0.1) is 0 Å². The van der Waals surface area contributed by atoms with Gasteiger partial charge in [-0.2, -0.15) is 57.1 Å². The number of hydrogen-bond acceptors (Lipinski definition) is 2. The Labute approximate surface area is 186 Å². The van der Waals surface area contributed by atoms with Gasteiger partial charge in [0, 0.05) is 24.4 Å². The molecule has 0 aliphatic rings. The van der Waals surface area contributed by atoms with Crippen LogP contribution < -0.4 is 0 Å². The maximum Gasteiger partial charge on any atom is 0.460 e. The Morgan fingerprint density at radius 3 is 1.62 bits per heavy atom. The van der Waals surface area contributed by atoms with Crippen LogP contribution in [0.25, 0.3) is 0 Å². The standard InChI is InChI=1S/C15H17F13INO2/c1-30(2)9(31)32-6-4-3-5-8(29)7-10(16,17)11(18,19)12(20,21)13(22,23)14(24,25)15(26,27)28/h8H,3-7H2,1-2H3. The number of ether oxygens (including phenoxy) is 1. The number of carbonyl (C=O) groups excluding carboxylic acids is 1. The summed E-state index contributed by atoms with van der Waals surface area (Å²) < 4.78 is 173. The van der Waals surface area contributed by atoms with Crippen LogP contribution in [-0.4, -0.2) is 71.4 Å². The van der Waals surface area contributed by atoms with Crippen LogP contribution in [0.4, 0.5) is 61.9 Å². The van der Waals surface area contributed by atoms with Crippen LogP contribution in [0.3, 0.4) is 0 Å². The molecule has 0 heterocycles. The topological polar surface area (TPSA) is 29.5 Å². The molecular weight excluding hydrogens is 600 g/mol. The molecule has 1 amide bonds. The molecule has 0 N–H and O–H groups in total. The lowest BCUT2D eigenvalue weighted by atomic mass is 9.91. The third kappa shape index (κ3) is 6.15. The predicted molar refractivity (Wildman–Crippen MR) is 92.1 cm³/mol. The van der Waals surface area contributed by atoms with Crippen molar-refractivity contribution < 1.29 is 66.6 Å². The zero-order valence-corrected chi connectivity index (χ0v) is 18.3. The molecule has 0 saturated carbocycles. The fourth-order valence-corrected chi connectivity index (χ4v) is 3.06. The maximum absolute atomic E-state index is 13.8. The maximum atomic E-state index is 13.8. The quantitative estimate of drug-likeness (QED) is 0.111. The second kappa shape index (κ2) is 10.1. The van der Waals surface area contributed by atoms with E-state index in [0.717, 1.165) is 27.5 Å². The summed E-state index contributed by atoms with van der Waals surface area (Å²) in [6, 6.07) is 0. The molecule has 192 valence electrons. The molecule has 0 aliphatic carbocycles. The largest absolute Gasteiger partial charge is 0.460 e. The number of amides is 1. The van der Waals surface area contributed by atoms with Gasteiger partial charge in [0.2, 0.25) is 0 Å². The Kier molecular flexibility index (Phi) is 9.86. The molecule has 17 heteroatoms. The highest BCUT2D eigenvalue weighted by Gasteiger charge is 2.90. The summed E-state index contributed by atoms with van der Waals surface area (Å²) in [6.45, 7) is -0.232. The molecule has 3 nitrogen and oxygen atoms in total. The lowest BCUT2D eigenvalue weighted by Gasteiger charge is -2.40. The second-order valence-electron chi connectivity index (χ2n) is 6.81. The number of halogens is 14.